The largest absolute Gasteiger partial charge is 0.306 e. The third-order valence-electron chi connectivity index (χ3n) is 4.04. The lowest BCUT2D eigenvalue weighted by Gasteiger charge is -2.30. The predicted molar refractivity (Wildman–Crippen MR) is 71.8 cm³/mol. The molecular weight excluding hydrogens is 208 g/mol. The Labute approximate surface area is 105 Å². The van der Waals surface area contributed by atoms with Gasteiger partial charge in [-0.05, 0) is 50.7 Å². The minimum atomic E-state index is 0.374. The fourth-order valence-corrected chi connectivity index (χ4v) is 2.81. The fourth-order valence-electron chi connectivity index (χ4n) is 2.81. The van der Waals surface area contributed by atoms with Crippen molar-refractivity contribution in [3.63, 3.8) is 0 Å². The van der Waals surface area contributed by atoms with Gasteiger partial charge in [-0.15, -0.1) is 0 Å². The van der Waals surface area contributed by atoms with Crippen LogP contribution in [0.1, 0.15) is 57.7 Å². The maximum Gasteiger partial charge on any atom is 0.0570 e. The second-order valence-corrected chi connectivity index (χ2v) is 5.27. The number of rotatable bonds is 4. The van der Waals surface area contributed by atoms with Crippen LogP contribution in [-0.4, -0.2) is 11.0 Å². The highest BCUT2D eigenvalue weighted by Gasteiger charge is 2.21. The van der Waals surface area contributed by atoms with Crippen molar-refractivity contribution < 1.29 is 0 Å². The monoisotopic (exact) mass is 232 g/mol. The van der Waals surface area contributed by atoms with Crippen molar-refractivity contribution in [1.29, 1.82) is 0 Å². The average Bonchev–Trinajstić information content (AvgIpc) is 2.40. The highest BCUT2D eigenvalue weighted by Crippen LogP contribution is 2.27. The Morgan fingerprint density at radius 2 is 2.06 bits per heavy atom. The highest BCUT2D eigenvalue weighted by molar-refractivity contribution is 5.07. The molecular formula is C15H24N2. The molecule has 2 heteroatoms. The van der Waals surface area contributed by atoms with E-state index in [0.717, 1.165) is 11.6 Å². The first-order chi connectivity index (χ1) is 8.29. The summed E-state index contributed by atoms with van der Waals surface area (Å²) in [6.45, 7) is 4.53. The zero-order chi connectivity index (χ0) is 12.1. The zero-order valence-corrected chi connectivity index (χ0v) is 11.0. The SMILES string of the molecule is CCC1CCC(N[C@H](C)c2ccccn2)CC1. The van der Waals surface area contributed by atoms with Gasteiger partial charge in [0.05, 0.1) is 5.69 Å². The summed E-state index contributed by atoms with van der Waals surface area (Å²) in [6, 6.07) is 7.21. The van der Waals surface area contributed by atoms with E-state index in [1.54, 1.807) is 0 Å². The van der Waals surface area contributed by atoms with Crippen LogP contribution in [0.3, 0.4) is 0 Å². The maximum atomic E-state index is 4.41. The molecule has 1 N–H and O–H groups in total. The molecule has 1 saturated carbocycles. The first kappa shape index (κ1) is 12.6. The molecule has 0 bridgehead atoms. The summed E-state index contributed by atoms with van der Waals surface area (Å²) >= 11 is 0. The number of hydrogen-bond donors (Lipinski definition) is 1. The lowest BCUT2D eigenvalue weighted by Crippen LogP contribution is -2.35. The van der Waals surface area contributed by atoms with Gasteiger partial charge >= 0.3 is 0 Å². The fraction of sp³-hybridized carbons (Fsp3) is 0.667. The molecule has 0 amide bonds. The molecule has 0 aliphatic heterocycles. The Balaban J connectivity index is 1.82. The van der Waals surface area contributed by atoms with E-state index in [1.165, 1.54) is 32.1 Å². The van der Waals surface area contributed by atoms with Crippen molar-refractivity contribution in [3.8, 4) is 0 Å². The summed E-state index contributed by atoms with van der Waals surface area (Å²) in [7, 11) is 0. The minimum Gasteiger partial charge on any atom is -0.306 e. The number of hydrogen-bond acceptors (Lipinski definition) is 2. The minimum absolute atomic E-state index is 0.374. The molecule has 1 aromatic heterocycles. The van der Waals surface area contributed by atoms with Crippen LogP contribution in [0.2, 0.25) is 0 Å². The van der Waals surface area contributed by atoms with Crippen molar-refractivity contribution in [2.24, 2.45) is 5.92 Å². The molecule has 1 atom stereocenters. The highest BCUT2D eigenvalue weighted by atomic mass is 15.0. The van der Waals surface area contributed by atoms with Gasteiger partial charge in [0.2, 0.25) is 0 Å². The van der Waals surface area contributed by atoms with E-state index in [2.05, 4.69) is 36.3 Å². The normalized spacial score (nSPS) is 26.7. The average molecular weight is 232 g/mol. The molecule has 1 aromatic rings. The Bertz CT molecular complexity index is 315. The van der Waals surface area contributed by atoms with Crippen LogP contribution in [0.5, 0.6) is 0 Å². The third-order valence-corrected chi connectivity index (χ3v) is 4.04. The molecule has 17 heavy (non-hydrogen) atoms. The number of aromatic nitrogens is 1. The molecule has 0 saturated heterocycles. The van der Waals surface area contributed by atoms with Crippen LogP contribution in [0.4, 0.5) is 0 Å². The first-order valence-corrected chi connectivity index (χ1v) is 6.96. The van der Waals surface area contributed by atoms with E-state index in [4.69, 9.17) is 0 Å². The predicted octanol–water partition coefficient (Wildman–Crippen LogP) is 3.70. The number of pyridine rings is 1. The van der Waals surface area contributed by atoms with E-state index in [-0.39, 0.29) is 0 Å². The van der Waals surface area contributed by atoms with Gasteiger partial charge in [-0.1, -0.05) is 19.4 Å². The van der Waals surface area contributed by atoms with E-state index in [9.17, 15) is 0 Å². The topological polar surface area (TPSA) is 24.9 Å². The second-order valence-electron chi connectivity index (χ2n) is 5.27. The van der Waals surface area contributed by atoms with Crippen molar-refractivity contribution in [2.45, 2.75) is 58.0 Å². The molecule has 0 unspecified atom stereocenters. The van der Waals surface area contributed by atoms with Gasteiger partial charge in [0, 0.05) is 18.3 Å². The first-order valence-electron chi connectivity index (χ1n) is 6.96. The van der Waals surface area contributed by atoms with Crippen LogP contribution in [0, 0.1) is 5.92 Å². The quantitative estimate of drug-likeness (QED) is 0.856. The van der Waals surface area contributed by atoms with Crippen LogP contribution in [-0.2, 0) is 0 Å². The molecule has 1 aliphatic carbocycles. The van der Waals surface area contributed by atoms with Crippen molar-refractivity contribution in [3.05, 3.63) is 30.1 Å². The maximum absolute atomic E-state index is 4.41. The molecule has 1 heterocycles. The van der Waals surface area contributed by atoms with Gasteiger partial charge in [-0.2, -0.15) is 0 Å². The smallest absolute Gasteiger partial charge is 0.0570 e. The summed E-state index contributed by atoms with van der Waals surface area (Å²) in [4.78, 5) is 4.41. The Hall–Kier alpha value is -0.890. The van der Waals surface area contributed by atoms with Gasteiger partial charge < -0.3 is 5.32 Å². The standard InChI is InChI=1S/C15H24N2/c1-3-13-7-9-14(10-8-13)17-12(2)15-6-4-5-11-16-15/h4-6,11-14,17H,3,7-10H2,1-2H3/t12-,13?,14?/m1/s1. The summed E-state index contributed by atoms with van der Waals surface area (Å²) in [6.07, 6.45) is 8.67. The van der Waals surface area contributed by atoms with E-state index < -0.39 is 0 Å². The molecule has 1 aliphatic rings. The summed E-state index contributed by atoms with van der Waals surface area (Å²) in [5, 5.41) is 3.72. The van der Waals surface area contributed by atoms with Gasteiger partial charge in [-0.25, -0.2) is 0 Å². The van der Waals surface area contributed by atoms with E-state index >= 15 is 0 Å². The Morgan fingerprint density at radius 1 is 1.29 bits per heavy atom. The number of nitrogens with zero attached hydrogens (tertiary/aromatic N) is 1. The second kappa shape index (κ2) is 6.15. The van der Waals surface area contributed by atoms with Crippen LogP contribution >= 0.6 is 0 Å². The van der Waals surface area contributed by atoms with Crippen molar-refractivity contribution >= 4 is 0 Å². The van der Waals surface area contributed by atoms with Gasteiger partial charge in [0.1, 0.15) is 0 Å². The number of nitrogens with one attached hydrogen (secondary N) is 1. The van der Waals surface area contributed by atoms with Gasteiger partial charge in [-0.3, -0.25) is 4.98 Å². The third kappa shape index (κ3) is 3.53. The zero-order valence-electron chi connectivity index (χ0n) is 11.0. The van der Waals surface area contributed by atoms with Crippen LogP contribution in [0.25, 0.3) is 0 Å². The molecule has 2 nitrogen and oxygen atoms in total. The van der Waals surface area contributed by atoms with Crippen LogP contribution < -0.4 is 5.32 Å². The van der Waals surface area contributed by atoms with E-state index in [1.807, 2.05) is 12.3 Å². The van der Waals surface area contributed by atoms with Crippen molar-refractivity contribution in [2.75, 3.05) is 0 Å². The lowest BCUT2D eigenvalue weighted by atomic mass is 9.84. The summed E-state index contributed by atoms with van der Waals surface area (Å²) in [5.74, 6) is 0.971. The Morgan fingerprint density at radius 3 is 2.65 bits per heavy atom. The van der Waals surface area contributed by atoms with Gasteiger partial charge in [0.15, 0.2) is 0 Å². The van der Waals surface area contributed by atoms with Gasteiger partial charge in [0.25, 0.3) is 0 Å². The Kier molecular flexibility index (Phi) is 4.55. The summed E-state index contributed by atoms with van der Waals surface area (Å²) in [5.41, 5.74) is 1.16. The molecule has 2 rings (SSSR count). The lowest BCUT2D eigenvalue weighted by molar-refractivity contribution is 0.272. The van der Waals surface area contributed by atoms with Crippen molar-refractivity contribution in [1.82, 2.24) is 10.3 Å². The molecule has 0 spiro atoms. The summed E-state index contributed by atoms with van der Waals surface area (Å²) < 4.78 is 0. The van der Waals surface area contributed by atoms with E-state index in [0.29, 0.717) is 12.1 Å². The molecule has 1 fully saturated rings. The molecule has 0 aromatic carbocycles. The van der Waals surface area contributed by atoms with Crippen LogP contribution in [0.15, 0.2) is 24.4 Å². The molecule has 0 radical (unpaired) electrons. The molecule has 94 valence electrons.